The van der Waals surface area contributed by atoms with Gasteiger partial charge in [0.1, 0.15) is 6.10 Å². The number of hydrogen-bond donors (Lipinski definition) is 2. The molecule has 8 nitrogen and oxygen atoms in total. The number of hydrazone groups is 1. The van der Waals surface area contributed by atoms with Crippen LogP contribution in [0, 0.1) is 0 Å². The predicted octanol–water partition coefficient (Wildman–Crippen LogP) is -0.0144. The van der Waals surface area contributed by atoms with E-state index in [0.29, 0.717) is 23.3 Å². The van der Waals surface area contributed by atoms with E-state index in [0.717, 1.165) is 0 Å². The molecule has 3 aliphatic heterocycles. The van der Waals surface area contributed by atoms with Gasteiger partial charge >= 0.3 is 0 Å². The molecule has 124 valence electrons. The first-order chi connectivity index (χ1) is 11.6. The molecule has 24 heavy (non-hydrogen) atoms. The lowest BCUT2D eigenvalue weighted by atomic mass is 10.0. The average Bonchev–Trinajstić information content (AvgIpc) is 3.10. The summed E-state index contributed by atoms with van der Waals surface area (Å²) in [7, 11) is 0. The van der Waals surface area contributed by atoms with Crippen molar-refractivity contribution in [1.29, 1.82) is 0 Å². The van der Waals surface area contributed by atoms with Crippen molar-refractivity contribution in [3.05, 3.63) is 35.4 Å². The standard InChI is InChI=1S/C15H14N4O4S/c16-15(24)18-17-9-5-10(11-6-22-14(9)23-11)19-12(20)7-3-1-2-4-8(7)13(19)21/h1-4,10-11,14H,5-6H2,(H3,16,18,24)/b17-9+/t10-,11-,14-/m1/s1. The van der Waals surface area contributed by atoms with E-state index in [1.807, 2.05) is 0 Å². The Morgan fingerprint density at radius 3 is 2.58 bits per heavy atom. The molecule has 2 amide bonds. The minimum atomic E-state index is -0.608. The van der Waals surface area contributed by atoms with Gasteiger partial charge in [-0.25, -0.2) is 0 Å². The third-order valence-corrected chi connectivity index (χ3v) is 4.39. The van der Waals surface area contributed by atoms with Crippen LogP contribution in [0.3, 0.4) is 0 Å². The van der Waals surface area contributed by atoms with Crippen molar-refractivity contribution in [3.63, 3.8) is 0 Å². The molecule has 2 bridgehead atoms. The fourth-order valence-electron chi connectivity index (χ4n) is 3.23. The van der Waals surface area contributed by atoms with Gasteiger partial charge in [0.15, 0.2) is 11.4 Å². The first-order valence-corrected chi connectivity index (χ1v) is 7.83. The number of thiocarbonyl (C=S) groups is 1. The van der Waals surface area contributed by atoms with Crippen molar-refractivity contribution in [1.82, 2.24) is 10.3 Å². The number of nitrogens with two attached hydrogens (primary N) is 1. The molecule has 0 unspecified atom stereocenters. The van der Waals surface area contributed by atoms with Gasteiger partial charge in [0, 0.05) is 6.42 Å². The third-order valence-electron chi connectivity index (χ3n) is 4.30. The summed E-state index contributed by atoms with van der Waals surface area (Å²) in [6, 6.07) is 6.28. The van der Waals surface area contributed by atoms with Crippen LogP contribution in [-0.2, 0) is 9.47 Å². The van der Waals surface area contributed by atoms with Crippen LogP contribution in [0.15, 0.2) is 29.4 Å². The maximum Gasteiger partial charge on any atom is 0.261 e. The monoisotopic (exact) mass is 346 g/mol. The Labute approximate surface area is 142 Å². The molecular weight excluding hydrogens is 332 g/mol. The van der Waals surface area contributed by atoms with E-state index in [9.17, 15) is 9.59 Å². The number of nitrogens with one attached hydrogen (secondary N) is 1. The number of ether oxygens (including phenoxy) is 2. The highest BCUT2D eigenvalue weighted by atomic mass is 32.1. The van der Waals surface area contributed by atoms with E-state index < -0.39 is 12.3 Å². The molecule has 3 heterocycles. The number of nitrogens with zero attached hydrogens (tertiary/aromatic N) is 2. The lowest BCUT2D eigenvalue weighted by Gasteiger charge is -2.33. The molecule has 0 aliphatic carbocycles. The topological polar surface area (TPSA) is 106 Å². The Kier molecular flexibility index (Phi) is 3.56. The number of rotatable bonds is 2. The summed E-state index contributed by atoms with van der Waals surface area (Å²) in [5, 5.41) is 4.10. The molecule has 2 saturated heterocycles. The predicted molar refractivity (Wildman–Crippen MR) is 87.3 cm³/mol. The Hall–Kier alpha value is -2.36. The van der Waals surface area contributed by atoms with Crippen LogP contribution in [0.2, 0.25) is 0 Å². The Morgan fingerprint density at radius 2 is 1.96 bits per heavy atom. The van der Waals surface area contributed by atoms with Crippen molar-refractivity contribution >= 4 is 34.9 Å². The van der Waals surface area contributed by atoms with Gasteiger partial charge in [0.05, 0.1) is 29.5 Å². The Balaban J connectivity index is 1.65. The van der Waals surface area contributed by atoms with Gasteiger partial charge in [-0.05, 0) is 24.4 Å². The van der Waals surface area contributed by atoms with Gasteiger partial charge in [0.2, 0.25) is 0 Å². The molecule has 4 rings (SSSR count). The zero-order valence-corrected chi connectivity index (χ0v) is 13.3. The third kappa shape index (κ3) is 2.29. The fraction of sp³-hybridized carbons (Fsp3) is 0.333. The summed E-state index contributed by atoms with van der Waals surface area (Å²) in [5.74, 6) is -0.646. The molecular formula is C15H14N4O4S. The van der Waals surface area contributed by atoms with Crippen LogP contribution >= 0.6 is 12.2 Å². The zero-order valence-electron chi connectivity index (χ0n) is 12.5. The van der Waals surface area contributed by atoms with Crippen LogP contribution in [0.1, 0.15) is 27.1 Å². The fourth-order valence-corrected chi connectivity index (χ4v) is 3.28. The minimum Gasteiger partial charge on any atom is -0.375 e. The number of benzene rings is 1. The maximum absolute atomic E-state index is 12.7. The van der Waals surface area contributed by atoms with Crippen LogP contribution in [-0.4, -0.2) is 52.6 Å². The number of amides is 2. The number of imide groups is 1. The average molecular weight is 346 g/mol. The summed E-state index contributed by atoms with van der Waals surface area (Å²) in [6.45, 7) is 0.287. The van der Waals surface area contributed by atoms with E-state index in [4.69, 9.17) is 27.4 Å². The first-order valence-electron chi connectivity index (χ1n) is 7.42. The number of hydrogen-bond acceptors (Lipinski definition) is 6. The summed E-state index contributed by atoms with van der Waals surface area (Å²) < 4.78 is 11.3. The lowest BCUT2D eigenvalue weighted by Crippen LogP contribution is -2.52. The largest absolute Gasteiger partial charge is 0.375 e. The highest BCUT2D eigenvalue weighted by molar-refractivity contribution is 7.80. The minimum absolute atomic E-state index is 0.0138. The number of carbonyl (C=O) groups excluding carboxylic acids is 2. The van der Waals surface area contributed by atoms with Crippen molar-refractivity contribution < 1.29 is 19.1 Å². The van der Waals surface area contributed by atoms with Crippen LogP contribution in [0.4, 0.5) is 0 Å². The van der Waals surface area contributed by atoms with Crippen molar-refractivity contribution in [2.45, 2.75) is 24.9 Å². The highest BCUT2D eigenvalue weighted by Crippen LogP contribution is 2.33. The van der Waals surface area contributed by atoms with Crippen LogP contribution in [0.25, 0.3) is 0 Å². The van der Waals surface area contributed by atoms with E-state index in [2.05, 4.69) is 10.5 Å². The summed E-state index contributed by atoms with van der Waals surface area (Å²) in [5.41, 5.74) is 9.20. The normalized spacial score (nSPS) is 29.9. The van der Waals surface area contributed by atoms with Crippen LogP contribution in [0.5, 0.6) is 0 Å². The molecule has 3 aliphatic rings. The quantitative estimate of drug-likeness (QED) is 0.440. The maximum atomic E-state index is 12.7. The second-order valence-electron chi connectivity index (χ2n) is 5.72. The second kappa shape index (κ2) is 5.62. The molecule has 0 radical (unpaired) electrons. The van der Waals surface area contributed by atoms with Gasteiger partial charge in [0.25, 0.3) is 11.8 Å². The molecule has 1 aromatic rings. The van der Waals surface area contributed by atoms with Crippen molar-refractivity contribution in [2.75, 3.05) is 6.61 Å². The SMILES string of the molecule is NC(=S)N/N=C1\C[C@@H](N2C(=O)c3ccccc3C2=O)[C@H]2CO[C@@H]1O2. The molecule has 0 spiro atoms. The first kappa shape index (κ1) is 15.2. The van der Waals surface area contributed by atoms with Gasteiger partial charge in [-0.2, -0.15) is 5.10 Å². The molecule has 2 fully saturated rings. The highest BCUT2D eigenvalue weighted by Gasteiger charge is 2.50. The molecule has 0 aromatic heterocycles. The Bertz CT molecular complexity index is 745. The van der Waals surface area contributed by atoms with E-state index in [1.165, 1.54) is 4.90 Å². The Morgan fingerprint density at radius 1 is 1.29 bits per heavy atom. The van der Waals surface area contributed by atoms with Gasteiger partial charge in [-0.15, -0.1) is 0 Å². The van der Waals surface area contributed by atoms with Crippen molar-refractivity contribution in [2.24, 2.45) is 10.8 Å². The molecule has 3 atom stereocenters. The summed E-state index contributed by atoms with van der Waals surface area (Å²) in [6.07, 6.45) is -0.638. The lowest BCUT2D eigenvalue weighted by molar-refractivity contribution is -0.0376. The van der Waals surface area contributed by atoms with Gasteiger partial charge < -0.3 is 15.2 Å². The van der Waals surface area contributed by atoms with E-state index in [-0.39, 0.29) is 29.6 Å². The number of carbonyl (C=O) groups is 2. The molecule has 1 aromatic carbocycles. The molecule has 9 heteroatoms. The summed E-state index contributed by atoms with van der Waals surface area (Å²) in [4.78, 5) is 26.6. The smallest absolute Gasteiger partial charge is 0.261 e. The molecule has 3 N–H and O–H groups in total. The zero-order chi connectivity index (χ0) is 16.8. The number of fused-ring (bicyclic) bond motifs is 3. The van der Waals surface area contributed by atoms with Crippen molar-refractivity contribution in [3.8, 4) is 0 Å². The van der Waals surface area contributed by atoms with E-state index in [1.54, 1.807) is 24.3 Å². The van der Waals surface area contributed by atoms with Crippen LogP contribution < -0.4 is 11.2 Å². The summed E-state index contributed by atoms with van der Waals surface area (Å²) >= 11 is 4.73. The van der Waals surface area contributed by atoms with Gasteiger partial charge in [-0.1, -0.05) is 12.1 Å². The molecule has 0 saturated carbocycles. The second-order valence-corrected chi connectivity index (χ2v) is 6.16. The van der Waals surface area contributed by atoms with E-state index >= 15 is 0 Å². The van der Waals surface area contributed by atoms with Gasteiger partial charge in [-0.3, -0.25) is 19.9 Å².